The van der Waals surface area contributed by atoms with Crippen molar-refractivity contribution in [1.82, 2.24) is 24.6 Å². The fourth-order valence-corrected chi connectivity index (χ4v) is 7.09. The molecule has 0 bridgehead atoms. The standard InChI is InChI=1S/C26H27N5O2S2/c1-13-6-5-7-17(8-13)23-22(28-16(4)35-23)25(33)31-12-18-9-19(18)20(31)10-27-24(32)21-15(3)30-11-14(2)34-26(30)29-21/h5-8,11,18-20H,9-10,12H2,1-4H3,(H,27,32)/t18-,19-,20-/m1/s1. The Hall–Kier alpha value is -3.04. The summed E-state index contributed by atoms with van der Waals surface area (Å²) in [7, 11) is 0. The van der Waals surface area contributed by atoms with E-state index in [-0.39, 0.29) is 17.9 Å². The van der Waals surface area contributed by atoms with Crippen molar-refractivity contribution >= 4 is 39.4 Å². The molecule has 35 heavy (non-hydrogen) atoms. The number of amides is 2. The van der Waals surface area contributed by atoms with Crippen molar-refractivity contribution < 1.29 is 9.59 Å². The Balaban J connectivity index is 1.22. The van der Waals surface area contributed by atoms with Gasteiger partial charge >= 0.3 is 0 Å². The van der Waals surface area contributed by atoms with Crippen LogP contribution in [0.3, 0.4) is 0 Å². The van der Waals surface area contributed by atoms with Gasteiger partial charge in [0.25, 0.3) is 11.8 Å². The smallest absolute Gasteiger partial charge is 0.274 e. The normalized spacial score (nSPS) is 20.9. The molecule has 2 aliphatic rings. The molecule has 9 heteroatoms. The number of aryl methyl sites for hydroxylation is 4. The van der Waals surface area contributed by atoms with Crippen molar-refractivity contribution in [2.45, 2.75) is 40.2 Å². The van der Waals surface area contributed by atoms with Gasteiger partial charge in [-0.2, -0.15) is 0 Å². The maximum atomic E-state index is 13.7. The predicted octanol–water partition coefficient (Wildman–Crippen LogP) is 4.64. The van der Waals surface area contributed by atoms with E-state index in [1.807, 2.05) is 48.4 Å². The summed E-state index contributed by atoms with van der Waals surface area (Å²) in [6.07, 6.45) is 3.12. The molecule has 1 aliphatic heterocycles. The van der Waals surface area contributed by atoms with E-state index in [1.54, 1.807) is 22.7 Å². The summed E-state index contributed by atoms with van der Waals surface area (Å²) < 4.78 is 1.97. The number of fused-ring (bicyclic) bond motifs is 2. The minimum absolute atomic E-state index is 0.0184. The average molecular weight is 506 g/mol. The number of benzene rings is 1. The topological polar surface area (TPSA) is 79.6 Å². The Kier molecular flexibility index (Phi) is 5.30. The highest BCUT2D eigenvalue weighted by Gasteiger charge is 2.54. The first-order chi connectivity index (χ1) is 16.8. The third kappa shape index (κ3) is 3.87. The molecule has 7 nitrogen and oxygen atoms in total. The van der Waals surface area contributed by atoms with Crippen LogP contribution in [0.4, 0.5) is 0 Å². The van der Waals surface area contributed by atoms with Crippen LogP contribution in [0.1, 0.15) is 48.5 Å². The molecule has 3 aromatic heterocycles. The quantitative estimate of drug-likeness (QED) is 0.428. The van der Waals surface area contributed by atoms with Crippen LogP contribution in [0.15, 0.2) is 30.5 Å². The zero-order valence-electron chi connectivity index (χ0n) is 20.2. The van der Waals surface area contributed by atoms with Crippen LogP contribution in [-0.2, 0) is 0 Å². The third-order valence-electron chi connectivity index (χ3n) is 7.15. The highest BCUT2D eigenvalue weighted by atomic mass is 32.1. The van der Waals surface area contributed by atoms with Crippen molar-refractivity contribution in [2.75, 3.05) is 13.1 Å². The Labute approximate surface area is 211 Å². The number of aromatic nitrogens is 3. The van der Waals surface area contributed by atoms with Crippen molar-refractivity contribution in [2.24, 2.45) is 11.8 Å². The van der Waals surface area contributed by atoms with Gasteiger partial charge in [0.05, 0.1) is 21.6 Å². The van der Waals surface area contributed by atoms with Gasteiger partial charge in [-0.3, -0.25) is 14.0 Å². The van der Waals surface area contributed by atoms with Crippen LogP contribution in [0.25, 0.3) is 15.4 Å². The van der Waals surface area contributed by atoms with E-state index in [1.165, 1.54) is 0 Å². The average Bonchev–Trinajstić information content (AvgIpc) is 3.10. The second-order valence-electron chi connectivity index (χ2n) is 9.71. The highest BCUT2D eigenvalue weighted by molar-refractivity contribution is 7.17. The molecule has 180 valence electrons. The van der Waals surface area contributed by atoms with Gasteiger partial charge in [0, 0.05) is 24.2 Å². The minimum atomic E-state index is -0.183. The molecule has 1 saturated carbocycles. The number of likely N-dealkylation sites (tertiary alicyclic amines) is 1. The van der Waals surface area contributed by atoms with Gasteiger partial charge in [0.1, 0.15) is 5.69 Å². The third-order valence-corrected chi connectivity index (χ3v) is 9.07. The van der Waals surface area contributed by atoms with Crippen LogP contribution in [0, 0.1) is 39.5 Å². The van der Waals surface area contributed by atoms with Crippen molar-refractivity contribution in [3.8, 4) is 10.4 Å². The molecule has 0 unspecified atom stereocenters. The number of carbonyl (C=O) groups excluding carboxylic acids is 2. The zero-order chi connectivity index (χ0) is 24.4. The Morgan fingerprint density at radius 3 is 2.71 bits per heavy atom. The molecule has 4 aromatic rings. The van der Waals surface area contributed by atoms with Gasteiger partial charge < -0.3 is 10.2 Å². The molecule has 1 aromatic carbocycles. The predicted molar refractivity (Wildman–Crippen MR) is 138 cm³/mol. The van der Waals surface area contributed by atoms with Gasteiger partial charge in [0.2, 0.25) is 0 Å². The Morgan fingerprint density at radius 1 is 1.11 bits per heavy atom. The summed E-state index contributed by atoms with van der Waals surface area (Å²) in [5.74, 6) is 0.741. The number of imidazole rings is 1. The first kappa shape index (κ1) is 22.4. The molecule has 3 atom stereocenters. The lowest BCUT2D eigenvalue weighted by Crippen LogP contribution is -2.46. The van der Waals surface area contributed by atoms with E-state index < -0.39 is 0 Å². The summed E-state index contributed by atoms with van der Waals surface area (Å²) in [6, 6.07) is 8.19. The monoisotopic (exact) mass is 505 g/mol. The van der Waals surface area contributed by atoms with Crippen LogP contribution in [-0.4, -0.2) is 50.2 Å². The fraction of sp³-hybridized carbons (Fsp3) is 0.385. The van der Waals surface area contributed by atoms with Crippen molar-refractivity contribution in [3.05, 3.63) is 63.0 Å². The van der Waals surface area contributed by atoms with E-state index >= 15 is 0 Å². The largest absolute Gasteiger partial charge is 0.349 e. The van der Waals surface area contributed by atoms with E-state index in [0.717, 1.165) is 49.5 Å². The summed E-state index contributed by atoms with van der Waals surface area (Å²) >= 11 is 3.13. The first-order valence-corrected chi connectivity index (χ1v) is 13.5. The number of nitrogens with one attached hydrogen (secondary N) is 1. The van der Waals surface area contributed by atoms with Gasteiger partial charge in [-0.05, 0) is 51.5 Å². The molecule has 4 heterocycles. The summed E-state index contributed by atoms with van der Waals surface area (Å²) in [5.41, 5.74) is 4.00. The Bertz CT molecular complexity index is 1480. The molecular weight excluding hydrogens is 478 g/mol. The van der Waals surface area contributed by atoms with Crippen LogP contribution < -0.4 is 5.32 Å². The molecule has 2 fully saturated rings. The summed E-state index contributed by atoms with van der Waals surface area (Å²) in [4.78, 5) is 40.8. The molecule has 6 rings (SSSR count). The number of hydrogen-bond acceptors (Lipinski definition) is 6. The second kappa shape index (κ2) is 8.27. The maximum Gasteiger partial charge on any atom is 0.274 e. The Morgan fingerprint density at radius 2 is 1.94 bits per heavy atom. The molecule has 2 amide bonds. The lowest BCUT2D eigenvalue weighted by molar-refractivity contribution is 0.0690. The number of carbonyl (C=O) groups is 2. The van der Waals surface area contributed by atoms with Crippen LogP contribution in [0.5, 0.6) is 0 Å². The molecule has 1 saturated heterocycles. The van der Waals surface area contributed by atoms with Crippen LogP contribution in [0.2, 0.25) is 0 Å². The van der Waals surface area contributed by atoms with E-state index in [0.29, 0.717) is 29.8 Å². The fourth-order valence-electron chi connectivity index (χ4n) is 5.32. The lowest BCUT2D eigenvalue weighted by atomic mass is 10.1. The van der Waals surface area contributed by atoms with Gasteiger partial charge in [-0.1, -0.05) is 29.8 Å². The number of hydrogen-bond donors (Lipinski definition) is 1. The summed E-state index contributed by atoms with van der Waals surface area (Å²) in [6.45, 7) is 9.10. The SMILES string of the molecule is Cc1cccc(-c2sc(C)nc2C(=O)N2C[C@H]3C[C@H]3[C@H]2CNC(=O)c2nc3sc(C)cn3c2C)c1. The van der Waals surface area contributed by atoms with Gasteiger partial charge in [-0.25, -0.2) is 9.97 Å². The van der Waals surface area contributed by atoms with E-state index in [9.17, 15) is 9.59 Å². The molecule has 1 N–H and O–H groups in total. The highest BCUT2D eigenvalue weighted by Crippen LogP contribution is 2.50. The van der Waals surface area contributed by atoms with E-state index in [2.05, 4.69) is 34.3 Å². The zero-order valence-corrected chi connectivity index (χ0v) is 21.8. The minimum Gasteiger partial charge on any atom is -0.349 e. The van der Waals surface area contributed by atoms with Gasteiger partial charge in [0.15, 0.2) is 10.7 Å². The summed E-state index contributed by atoms with van der Waals surface area (Å²) in [5, 5.41) is 3.96. The van der Waals surface area contributed by atoms with Crippen molar-refractivity contribution in [3.63, 3.8) is 0 Å². The van der Waals surface area contributed by atoms with E-state index in [4.69, 9.17) is 0 Å². The van der Waals surface area contributed by atoms with Crippen molar-refractivity contribution in [1.29, 1.82) is 0 Å². The molecule has 1 aliphatic carbocycles. The number of piperidine rings is 1. The van der Waals surface area contributed by atoms with Crippen LogP contribution >= 0.6 is 22.7 Å². The number of nitrogens with zero attached hydrogens (tertiary/aromatic N) is 4. The molecular formula is C26H27N5O2S2. The number of rotatable bonds is 5. The molecule has 0 spiro atoms. The first-order valence-electron chi connectivity index (χ1n) is 11.9. The van der Waals surface area contributed by atoms with Gasteiger partial charge in [-0.15, -0.1) is 22.7 Å². The maximum absolute atomic E-state index is 13.7. The number of thiazole rings is 2. The lowest BCUT2D eigenvalue weighted by Gasteiger charge is -2.27. The molecule has 0 radical (unpaired) electrons. The second-order valence-corrected chi connectivity index (χ2v) is 12.1.